The molecule has 0 amide bonds. The number of hydrogen-bond donors (Lipinski definition) is 0. The number of carbonyl (C=O) groups excluding carboxylic acids is 1. The number of fused-ring (bicyclic) bond motifs is 2. The molecule has 0 aromatic heterocycles. The Kier molecular flexibility index (Phi) is 7.58. The molecule has 3 nitrogen and oxygen atoms in total. The van der Waals surface area contributed by atoms with Crippen LogP contribution in [0.1, 0.15) is 29.5 Å². The molecule has 0 saturated heterocycles. The first kappa shape index (κ1) is 21.0. The van der Waals surface area contributed by atoms with Crippen molar-refractivity contribution >= 4 is 24.2 Å². The zero-order chi connectivity index (χ0) is 20.5. The summed E-state index contributed by atoms with van der Waals surface area (Å²) in [6.45, 7) is 7.93. The molecule has 3 heteroatoms. The average molecular weight is 373 g/mol. The Morgan fingerprint density at radius 2 is 1.32 bits per heavy atom. The number of hydrogen-bond acceptors (Lipinski definition) is 3. The standard InChI is InChI=1S/C15H15N.C9H10O.CH2O/c1-11-12-7-3-5-9-14(12)16(2)15-10-6-4-8-13(11)15;1-3-8-4-6-9(10-2)7-5-8;1-2/h3-11H,1-2H3;3-7H,1H2,2H3;1H2. The van der Waals surface area contributed by atoms with Crippen LogP contribution in [0.15, 0.2) is 79.4 Å². The Hall–Kier alpha value is -3.33. The van der Waals surface area contributed by atoms with Crippen LogP contribution in [-0.2, 0) is 4.79 Å². The fourth-order valence-corrected chi connectivity index (χ4v) is 3.36. The van der Waals surface area contributed by atoms with Gasteiger partial charge in [0.05, 0.1) is 7.11 Å². The summed E-state index contributed by atoms with van der Waals surface area (Å²) in [5.41, 5.74) is 6.61. The maximum atomic E-state index is 8.00. The third-order valence-corrected chi connectivity index (χ3v) is 4.88. The first-order valence-electron chi connectivity index (χ1n) is 9.12. The summed E-state index contributed by atoms with van der Waals surface area (Å²) in [4.78, 5) is 10.3. The monoisotopic (exact) mass is 373 g/mol. The summed E-state index contributed by atoms with van der Waals surface area (Å²) in [6.07, 6.45) is 1.80. The molecule has 4 rings (SSSR count). The summed E-state index contributed by atoms with van der Waals surface area (Å²) < 4.78 is 4.98. The van der Waals surface area contributed by atoms with Crippen molar-refractivity contribution in [2.24, 2.45) is 0 Å². The van der Waals surface area contributed by atoms with Gasteiger partial charge in [0.2, 0.25) is 0 Å². The van der Waals surface area contributed by atoms with Crippen molar-refractivity contribution in [3.8, 4) is 5.75 Å². The number of anilines is 2. The van der Waals surface area contributed by atoms with Gasteiger partial charge in [-0.05, 0) is 41.0 Å². The maximum Gasteiger partial charge on any atom is 0.118 e. The minimum absolute atomic E-state index is 0.489. The molecule has 0 radical (unpaired) electrons. The van der Waals surface area contributed by atoms with Gasteiger partial charge in [-0.2, -0.15) is 0 Å². The number of methoxy groups -OCH3 is 1. The summed E-state index contributed by atoms with van der Waals surface area (Å²) in [6, 6.07) is 25.1. The smallest absolute Gasteiger partial charge is 0.118 e. The maximum absolute atomic E-state index is 8.00. The summed E-state index contributed by atoms with van der Waals surface area (Å²) in [5.74, 6) is 1.37. The van der Waals surface area contributed by atoms with Gasteiger partial charge in [0.1, 0.15) is 12.5 Å². The largest absolute Gasteiger partial charge is 0.497 e. The lowest BCUT2D eigenvalue weighted by Gasteiger charge is -2.33. The Balaban J connectivity index is 0.000000202. The first-order valence-corrected chi connectivity index (χ1v) is 9.12. The second-order valence-electron chi connectivity index (χ2n) is 6.38. The second-order valence-corrected chi connectivity index (χ2v) is 6.38. The Morgan fingerprint density at radius 1 is 0.857 bits per heavy atom. The quantitative estimate of drug-likeness (QED) is 0.546. The minimum Gasteiger partial charge on any atom is -0.497 e. The van der Waals surface area contributed by atoms with Crippen LogP contribution in [0.25, 0.3) is 6.08 Å². The highest BCUT2D eigenvalue weighted by atomic mass is 16.5. The number of rotatable bonds is 2. The zero-order valence-electron chi connectivity index (χ0n) is 16.8. The molecule has 1 aliphatic heterocycles. The van der Waals surface area contributed by atoms with Crippen molar-refractivity contribution < 1.29 is 9.53 Å². The SMILES string of the molecule is C=Cc1ccc(OC)cc1.C=O.CC1c2ccccc2N(C)c2ccccc21. The van der Waals surface area contributed by atoms with E-state index in [4.69, 9.17) is 9.53 Å². The van der Waals surface area contributed by atoms with E-state index in [0.29, 0.717) is 5.92 Å². The number of para-hydroxylation sites is 2. The lowest BCUT2D eigenvalue weighted by atomic mass is 9.86. The molecular formula is C25H27NO2. The van der Waals surface area contributed by atoms with Crippen molar-refractivity contribution in [2.75, 3.05) is 19.1 Å². The highest BCUT2D eigenvalue weighted by Crippen LogP contribution is 2.43. The lowest BCUT2D eigenvalue weighted by Crippen LogP contribution is -2.20. The summed E-state index contributed by atoms with van der Waals surface area (Å²) >= 11 is 0. The van der Waals surface area contributed by atoms with Crippen molar-refractivity contribution in [1.82, 2.24) is 0 Å². The molecule has 0 unspecified atom stereocenters. The topological polar surface area (TPSA) is 29.5 Å². The molecule has 1 aliphatic rings. The lowest BCUT2D eigenvalue weighted by molar-refractivity contribution is -0.0979. The van der Waals surface area contributed by atoms with Crippen molar-refractivity contribution in [3.05, 3.63) is 96.1 Å². The van der Waals surface area contributed by atoms with E-state index in [1.807, 2.05) is 31.1 Å². The molecule has 0 aliphatic carbocycles. The van der Waals surface area contributed by atoms with E-state index < -0.39 is 0 Å². The fraction of sp³-hybridized carbons (Fsp3) is 0.160. The molecule has 0 fully saturated rings. The van der Waals surface area contributed by atoms with Crippen LogP contribution in [0.3, 0.4) is 0 Å². The molecule has 28 heavy (non-hydrogen) atoms. The van der Waals surface area contributed by atoms with Crippen LogP contribution in [0.5, 0.6) is 5.75 Å². The van der Waals surface area contributed by atoms with Crippen molar-refractivity contribution in [2.45, 2.75) is 12.8 Å². The first-order chi connectivity index (χ1) is 13.7. The molecule has 0 atom stereocenters. The summed E-state index contributed by atoms with van der Waals surface area (Å²) in [7, 11) is 3.80. The van der Waals surface area contributed by atoms with E-state index in [2.05, 4.69) is 74.0 Å². The average Bonchev–Trinajstić information content (AvgIpc) is 2.79. The van der Waals surface area contributed by atoms with Crippen LogP contribution in [0, 0.1) is 0 Å². The normalized spacial score (nSPS) is 11.6. The number of nitrogens with zero attached hydrogens (tertiary/aromatic N) is 1. The van der Waals surface area contributed by atoms with Gasteiger partial charge in [0.25, 0.3) is 0 Å². The van der Waals surface area contributed by atoms with Crippen LogP contribution in [0.2, 0.25) is 0 Å². The molecular weight excluding hydrogens is 346 g/mol. The molecule has 144 valence electrons. The molecule has 0 spiro atoms. The number of benzene rings is 3. The van der Waals surface area contributed by atoms with Crippen LogP contribution in [0.4, 0.5) is 11.4 Å². The van der Waals surface area contributed by atoms with E-state index in [1.165, 1.54) is 22.5 Å². The highest BCUT2D eigenvalue weighted by molar-refractivity contribution is 5.75. The third kappa shape index (κ3) is 4.49. The molecule has 3 aromatic carbocycles. The number of carbonyl (C=O) groups is 1. The van der Waals surface area contributed by atoms with Gasteiger partial charge in [-0.15, -0.1) is 0 Å². The fourth-order valence-electron chi connectivity index (χ4n) is 3.36. The highest BCUT2D eigenvalue weighted by Gasteiger charge is 2.24. The second kappa shape index (κ2) is 10.1. The third-order valence-electron chi connectivity index (χ3n) is 4.88. The van der Waals surface area contributed by atoms with Crippen molar-refractivity contribution in [1.29, 1.82) is 0 Å². The van der Waals surface area contributed by atoms with E-state index in [1.54, 1.807) is 13.2 Å². The van der Waals surface area contributed by atoms with Crippen LogP contribution in [-0.4, -0.2) is 20.9 Å². The number of ether oxygens (including phenoxy) is 1. The van der Waals surface area contributed by atoms with Gasteiger partial charge in [-0.3, -0.25) is 0 Å². The van der Waals surface area contributed by atoms with Gasteiger partial charge in [0, 0.05) is 24.3 Å². The minimum atomic E-state index is 0.489. The molecule has 3 aromatic rings. The van der Waals surface area contributed by atoms with Crippen LogP contribution >= 0.6 is 0 Å². The predicted octanol–water partition coefficient (Wildman–Crippen LogP) is 6.07. The van der Waals surface area contributed by atoms with Gasteiger partial charge >= 0.3 is 0 Å². The molecule has 0 bridgehead atoms. The van der Waals surface area contributed by atoms with Gasteiger partial charge in [0.15, 0.2) is 0 Å². The molecule has 0 N–H and O–H groups in total. The van der Waals surface area contributed by atoms with Gasteiger partial charge in [-0.1, -0.05) is 68.1 Å². The Labute approximate surface area is 167 Å². The van der Waals surface area contributed by atoms with Gasteiger partial charge in [-0.25, -0.2) is 0 Å². The van der Waals surface area contributed by atoms with E-state index in [0.717, 1.165) is 11.3 Å². The van der Waals surface area contributed by atoms with E-state index >= 15 is 0 Å². The Morgan fingerprint density at radius 3 is 1.75 bits per heavy atom. The summed E-state index contributed by atoms with van der Waals surface area (Å²) in [5, 5.41) is 0. The van der Waals surface area contributed by atoms with E-state index in [9.17, 15) is 0 Å². The van der Waals surface area contributed by atoms with Crippen molar-refractivity contribution in [3.63, 3.8) is 0 Å². The van der Waals surface area contributed by atoms with Crippen LogP contribution < -0.4 is 9.64 Å². The molecule has 1 heterocycles. The Bertz CT molecular complexity index is 807. The van der Waals surface area contributed by atoms with Gasteiger partial charge < -0.3 is 14.4 Å². The molecule has 0 saturated carbocycles. The predicted molar refractivity (Wildman–Crippen MR) is 119 cm³/mol. The zero-order valence-corrected chi connectivity index (χ0v) is 16.8. The van der Waals surface area contributed by atoms with E-state index in [-0.39, 0.29) is 0 Å².